The molecule has 2 aromatic rings. The van der Waals surface area contributed by atoms with Crippen molar-refractivity contribution in [2.24, 2.45) is 0 Å². The van der Waals surface area contributed by atoms with Crippen LogP contribution in [0, 0.1) is 11.3 Å². The molecule has 1 unspecified atom stereocenters. The molecule has 0 amide bonds. The summed E-state index contributed by atoms with van der Waals surface area (Å²) in [5.41, 5.74) is -2.52. The number of aromatic nitrogens is 1. The summed E-state index contributed by atoms with van der Waals surface area (Å²) in [6.45, 7) is -0.439. The number of nitriles is 1. The molecule has 30 heavy (non-hydrogen) atoms. The molecule has 0 saturated carbocycles. The SMILES string of the molecule is N#Cc1ccc(N2C=C(COc3ccnc(Cl)c3)OC2C(F)(F)F)cc1C(F)(F)F. The largest absolute Gasteiger partial charge is 0.485 e. The van der Waals surface area contributed by atoms with E-state index in [1.807, 2.05) is 0 Å². The van der Waals surface area contributed by atoms with E-state index >= 15 is 0 Å². The topological polar surface area (TPSA) is 58.4 Å². The van der Waals surface area contributed by atoms with Crippen molar-refractivity contribution in [1.29, 1.82) is 5.26 Å². The highest BCUT2D eigenvalue weighted by Gasteiger charge is 2.49. The van der Waals surface area contributed by atoms with Gasteiger partial charge in [0.2, 0.25) is 0 Å². The summed E-state index contributed by atoms with van der Waals surface area (Å²) in [5.74, 6) is -0.0672. The Balaban J connectivity index is 1.91. The second-order valence-electron chi connectivity index (χ2n) is 5.96. The molecule has 1 aromatic heterocycles. The molecule has 1 aromatic carbocycles. The standard InChI is InChI=1S/C18H10ClF6N3O2/c19-15-6-12(3-4-27-15)29-9-13-8-28(16(30-13)18(23,24)25)11-2-1-10(7-26)14(5-11)17(20,21)22/h1-6,8,16H,9H2. The normalized spacial score (nSPS) is 16.7. The fraction of sp³-hybridized carbons (Fsp3) is 0.222. The van der Waals surface area contributed by atoms with E-state index in [4.69, 9.17) is 26.3 Å². The third kappa shape index (κ3) is 4.71. The molecule has 12 heteroatoms. The maximum atomic E-state index is 13.4. The Hall–Kier alpha value is -3.13. The second kappa shape index (κ2) is 7.95. The molecule has 5 nitrogen and oxygen atoms in total. The number of halogens is 7. The molecule has 1 atom stereocenters. The van der Waals surface area contributed by atoms with Crippen molar-refractivity contribution in [3.8, 4) is 11.8 Å². The fourth-order valence-electron chi connectivity index (χ4n) is 2.61. The molecule has 0 saturated heterocycles. The lowest BCUT2D eigenvalue weighted by Crippen LogP contribution is -2.41. The van der Waals surface area contributed by atoms with Crippen LogP contribution in [0.25, 0.3) is 0 Å². The van der Waals surface area contributed by atoms with Gasteiger partial charge in [-0.15, -0.1) is 0 Å². The number of pyridine rings is 1. The number of alkyl halides is 6. The Labute approximate surface area is 170 Å². The Morgan fingerprint density at radius 2 is 1.90 bits per heavy atom. The Morgan fingerprint density at radius 3 is 2.50 bits per heavy atom. The Kier molecular flexibility index (Phi) is 5.72. The van der Waals surface area contributed by atoms with Crippen LogP contribution in [0.4, 0.5) is 32.0 Å². The second-order valence-corrected chi connectivity index (χ2v) is 6.34. The quantitative estimate of drug-likeness (QED) is 0.470. The molecule has 0 spiro atoms. The molecular formula is C18H10ClF6N3O2. The monoisotopic (exact) mass is 449 g/mol. The zero-order chi connectivity index (χ0) is 22.1. The van der Waals surface area contributed by atoms with E-state index in [9.17, 15) is 26.3 Å². The van der Waals surface area contributed by atoms with Gasteiger partial charge in [0.25, 0.3) is 6.23 Å². The zero-order valence-corrected chi connectivity index (χ0v) is 15.4. The zero-order valence-electron chi connectivity index (χ0n) is 14.6. The van der Waals surface area contributed by atoms with Crippen LogP contribution in [0.3, 0.4) is 0 Å². The molecule has 2 heterocycles. The van der Waals surface area contributed by atoms with Crippen molar-refractivity contribution < 1.29 is 35.8 Å². The predicted molar refractivity (Wildman–Crippen MR) is 92.4 cm³/mol. The van der Waals surface area contributed by atoms with Crippen molar-refractivity contribution in [3.05, 3.63) is 64.8 Å². The maximum Gasteiger partial charge on any atom is 0.445 e. The number of hydrogen-bond donors (Lipinski definition) is 0. The molecule has 158 valence electrons. The number of benzene rings is 1. The van der Waals surface area contributed by atoms with E-state index in [2.05, 4.69) is 4.98 Å². The van der Waals surface area contributed by atoms with Gasteiger partial charge in [0, 0.05) is 24.2 Å². The molecule has 0 aliphatic carbocycles. The van der Waals surface area contributed by atoms with Crippen molar-refractivity contribution in [1.82, 2.24) is 4.98 Å². The smallest absolute Gasteiger partial charge is 0.445 e. The first-order valence-electron chi connectivity index (χ1n) is 8.07. The molecular weight excluding hydrogens is 440 g/mol. The fourth-order valence-corrected chi connectivity index (χ4v) is 2.78. The van der Waals surface area contributed by atoms with Crippen LogP contribution >= 0.6 is 11.6 Å². The first kappa shape index (κ1) is 21.6. The lowest BCUT2D eigenvalue weighted by Gasteiger charge is -2.26. The van der Waals surface area contributed by atoms with Crippen LogP contribution < -0.4 is 9.64 Å². The molecule has 0 N–H and O–H groups in total. The summed E-state index contributed by atoms with van der Waals surface area (Å²) >= 11 is 5.69. The minimum Gasteiger partial charge on any atom is -0.485 e. The third-order valence-corrected chi connectivity index (χ3v) is 4.09. The van der Waals surface area contributed by atoms with Crippen LogP contribution in [-0.2, 0) is 10.9 Å². The number of nitrogens with zero attached hydrogens (tertiary/aromatic N) is 3. The van der Waals surface area contributed by atoms with Crippen molar-refractivity contribution in [2.45, 2.75) is 18.6 Å². The van der Waals surface area contributed by atoms with Gasteiger partial charge in [0.05, 0.1) is 17.2 Å². The van der Waals surface area contributed by atoms with Gasteiger partial charge in [-0.1, -0.05) is 11.6 Å². The van der Waals surface area contributed by atoms with Gasteiger partial charge in [-0.2, -0.15) is 31.6 Å². The van der Waals surface area contributed by atoms with E-state index in [0.717, 1.165) is 18.3 Å². The maximum absolute atomic E-state index is 13.4. The van der Waals surface area contributed by atoms with Gasteiger partial charge >= 0.3 is 12.4 Å². The van der Waals surface area contributed by atoms with Crippen LogP contribution in [0.2, 0.25) is 5.15 Å². The van der Waals surface area contributed by atoms with Gasteiger partial charge in [0.1, 0.15) is 17.5 Å². The molecule has 1 aliphatic heterocycles. The number of ether oxygens (including phenoxy) is 2. The number of hydrogen-bond acceptors (Lipinski definition) is 5. The van der Waals surface area contributed by atoms with Gasteiger partial charge in [0.15, 0.2) is 5.76 Å². The highest BCUT2D eigenvalue weighted by molar-refractivity contribution is 6.29. The predicted octanol–water partition coefficient (Wildman–Crippen LogP) is 5.27. The van der Waals surface area contributed by atoms with E-state index in [1.165, 1.54) is 24.4 Å². The number of anilines is 1. The highest BCUT2D eigenvalue weighted by Crippen LogP contribution is 2.39. The lowest BCUT2D eigenvalue weighted by atomic mass is 10.1. The summed E-state index contributed by atoms with van der Waals surface area (Å²) in [6.07, 6.45) is -10.2. The first-order chi connectivity index (χ1) is 14.0. The van der Waals surface area contributed by atoms with Crippen LogP contribution in [0.15, 0.2) is 48.5 Å². The Bertz CT molecular complexity index is 1020. The van der Waals surface area contributed by atoms with Crippen molar-refractivity contribution in [3.63, 3.8) is 0 Å². The summed E-state index contributed by atoms with van der Waals surface area (Å²) in [5, 5.41) is 8.95. The van der Waals surface area contributed by atoms with Gasteiger partial charge in [-0.05, 0) is 24.3 Å². The highest BCUT2D eigenvalue weighted by atomic mass is 35.5. The summed E-state index contributed by atoms with van der Waals surface area (Å²) in [7, 11) is 0. The minimum atomic E-state index is -4.93. The van der Waals surface area contributed by atoms with Crippen molar-refractivity contribution in [2.75, 3.05) is 11.5 Å². The van der Waals surface area contributed by atoms with Gasteiger partial charge in [-0.3, -0.25) is 0 Å². The third-order valence-electron chi connectivity index (χ3n) is 3.89. The van der Waals surface area contributed by atoms with E-state index in [0.29, 0.717) is 11.0 Å². The van der Waals surface area contributed by atoms with Crippen molar-refractivity contribution >= 4 is 17.3 Å². The molecule has 1 aliphatic rings. The van der Waals surface area contributed by atoms with E-state index < -0.39 is 42.0 Å². The van der Waals surface area contributed by atoms with Gasteiger partial charge < -0.3 is 14.4 Å². The van der Waals surface area contributed by atoms with Crippen LogP contribution in [0.5, 0.6) is 5.75 Å². The number of rotatable bonds is 4. The summed E-state index contributed by atoms with van der Waals surface area (Å²) < 4.78 is 90.0. The molecule has 0 radical (unpaired) electrons. The Morgan fingerprint density at radius 1 is 1.17 bits per heavy atom. The van der Waals surface area contributed by atoms with Gasteiger partial charge in [-0.25, -0.2) is 4.98 Å². The lowest BCUT2D eigenvalue weighted by molar-refractivity contribution is -0.202. The average Bonchev–Trinajstić information content (AvgIpc) is 3.10. The van der Waals surface area contributed by atoms with Crippen LogP contribution in [0.1, 0.15) is 11.1 Å². The molecule has 3 rings (SSSR count). The molecule has 0 bridgehead atoms. The molecule has 0 fully saturated rings. The minimum absolute atomic E-state index is 0.0980. The van der Waals surface area contributed by atoms with E-state index in [-0.39, 0.29) is 16.7 Å². The van der Waals surface area contributed by atoms with E-state index in [1.54, 1.807) is 0 Å². The average molecular weight is 450 g/mol. The summed E-state index contributed by atoms with van der Waals surface area (Å²) in [4.78, 5) is 4.22. The first-order valence-corrected chi connectivity index (χ1v) is 8.45. The summed E-state index contributed by atoms with van der Waals surface area (Å²) in [6, 6.07) is 6.34. The van der Waals surface area contributed by atoms with Crippen LogP contribution in [-0.4, -0.2) is 24.0 Å².